The van der Waals surface area contributed by atoms with E-state index in [2.05, 4.69) is 10.1 Å². The van der Waals surface area contributed by atoms with E-state index in [0.717, 1.165) is 5.56 Å². The van der Waals surface area contributed by atoms with E-state index < -0.39 is 12.1 Å². The zero-order chi connectivity index (χ0) is 12.7. The molecule has 0 aromatic heterocycles. The monoisotopic (exact) mass is 239 g/mol. The van der Waals surface area contributed by atoms with Crippen LogP contribution < -0.4 is 10.1 Å². The standard InChI is InChI=1S/C12H17NO4/c1-13-7-11(14)9-3-5-10(6-4-9)17-8-12(15)16-2/h3-6,11,13-14H,7-8H2,1-2H3. The molecule has 0 spiro atoms. The summed E-state index contributed by atoms with van der Waals surface area (Å²) < 4.78 is 9.64. The number of hydrogen-bond donors (Lipinski definition) is 2. The van der Waals surface area contributed by atoms with Crippen LogP contribution in [0.4, 0.5) is 0 Å². The van der Waals surface area contributed by atoms with Gasteiger partial charge >= 0.3 is 5.97 Å². The van der Waals surface area contributed by atoms with Gasteiger partial charge in [0.1, 0.15) is 5.75 Å². The number of ether oxygens (including phenoxy) is 2. The molecule has 94 valence electrons. The largest absolute Gasteiger partial charge is 0.482 e. The van der Waals surface area contributed by atoms with Crippen LogP contribution in [0.5, 0.6) is 5.75 Å². The number of methoxy groups -OCH3 is 1. The van der Waals surface area contributed by atoms with E-state index in [0.29, 0.717) is 12.3 Å². The number of esters is 1. The Morgan fingerprint density at radius 2 is 2.06 bits per heavy atom. The Morgan fingerprint density at radius 3 is 2.59 bits per heavy atom. The Labute approximate surface area is 100 Å². The van der Waals surface area contributed by atoms with Crippen LogP contribution >= 0.6 is 0 Å². The van der Waals surface area contributed by atoms with Gasteiger partial charge in [-0.25, -0.2) is 4.79 Å². The molecule has 0 fully saturated rings. The number of benzene rings is 1. The molecule has 5 heteroatoms. The van der Waals surface area contributed by atoms with Gasteiger partial charge in [0.25, 0.3) is 0 Å². The summed E-state index contributed by atoms with van der Waals surface area (Å²) in [5.41, 5.74) is 0.796. The molecule has 0 amide bonds. The Kier molecular flexibility index (Phi) is 5.45. The first-order valence-electron chi connectivity index (χ1n) is 5.29. The Hall–Kier alpha value is -1.59. The lowest BCUT2D eigenvalue weighted by molar-refractivity contribution is -0.142. The van der Waals surface area contributed by atoms with Gasteiger partial charge in [-0.15, -0.1) is 0 Å². The van der Waals surface area contributed by atoms with Crippen molar-refractivity contribution in [2.24, 2.45) is 0 Å². The number of rotatable bonds is 6. The van der Waals surface area contributed by atoms with Crippen LogP contribution in [0.2, 0.25) is 0 Å². The van der Waals surface area contributed by atoms with Crippen molar-refractivity contribution < 1.29 is 19.4 Å². The summed E-state index contributed by atoms with van der Waals surface area (Å²) in [5.74, 6) is 0.139. The lowest BCUT2D eigenvalue weighted by atomic mass is 10.1. The molecule has 0 aliphatic carbocycles. The highest BCUT2D eigenvalue weighted by Crippen LogP contribution is 2.17. The maximum atomic E-state index is 10.8. The molecule has 0 aliphatic rings. The first-order valence-corrected chi connectivity index (χ1v) is 5.29. The number of nitrogens with one attached hydrogen (secondary N) is 1. The molecular weight excluding hydrogens is 222 g/mol. The van der Waals surface area contributed by atoms with Gasteiger partial charge in [0.2, 0.25) is 0 Å². The van der Waals surface area contributed by atoms with E-state index in [9.17, 15) is 9.90 Å². The number of likely N-dealkylation sites (N-methyl/N-ethyl adjacent to an activating group) is 1. The van der Waals surface area contributed by atoms with E-state index in [4.69, 9.17) is 4.74 Å². The minimum Gasteiger partial charge on any atom is -0.482 e. The maximum Gasteiger partial charge on any atom is 0.343 e. The van der Waals surface area contributed by atoms with Crippen LogP contribution in [0.15, 0.2) is 24.3 Å². The van der Waals surface area contributed by atoms with Crippen molar-refractivity contribution in [1.29, 1.82) is 0 Å². The fourth-order valence-corrected chi connectivity index (χ4v) is 1.30. The van der Waals surface area contributed by atoms with Crippen LogP contribution in [0, 0.1) is 0 Å². The Morgan fingerprint density at radius 1 is 1.41 bits per heavy atom. The third-order valence-electron chi connectivity index (χ3n) is 2.25. The number of hydrogen-bond acceptors (Lipinski definition) is 5. The summed E-state index contributed by atoms with van der Waals surface area (Å²) in [4.78, 5) is 10.8. The third-order valence-corrected chi connectivity index (χ3v) is 2.25. The normalized spacial score (nSPS) is 11.9. The molecule has 1 aromatic carbocycles. The van der Waals surface area contributed by atoms with Crippen LogP contribution in [-0.4, -0.2) is 38.4 Å². The van der Waals surface area contributed by atoms with Gasteiger partial charge in [-0.05, 0) is 24.7 Å². The number of carbonyl (C=O) groups is 1. The van der Waals surface area contributed by atoms with Gasteiger partial charge in [0, 0.05) is 6.54 Å². The van der Waals surface area contributed by atoms with Crippen molar-refractivity contribution in [3.8, 4) is 5.75 Å². The fraction of sp³-hybridized carbons (Fsp3) is 0.417. The quantitative estimate of drug-likeness (QED) is 0.707. The smallest absolute Gasteiger partial charge is 0.343 e. The third kappa shape index (κ3) is 4.42. The van der Waals surface area contributed by atoms with E-state index in [-0.39, 0.29) is 6.61 Å². The molecule has 0 heterocycles. The van der Waals surface area contributed by atoms with Crippen molar-refractivity contribution in [3.63, 3.8) is 0 Å². The van der Waals surface area contributed by atoms with Gasteiger partial charge in [-0.1, -0.05) is 12.1 Å². The van der Waals surface area contributed by atoms with Crippen LogP contribution in [0.25, 0.3) is 0 Å². The molecule has 2 N–H and O–H groups in total. The van der Waals surface area contributed by atoms with E-state index >= 15 is 0 Å². The zero-order valence-electron chi connectivity index (χ0n) is 9.97. The molecule has 1 unspecified atom stereocenters. The van der Waals surface area contributed by atoms with Crippen molar-refractivity contribution in [3.05, 3.63) is 29.8 Å². The second-order valence-corrected chi connectivity index (χ2v) is 3.51. The minimum absolute atomic E-state index is 0.116. The second-order valence-electron chi connectivity index (χ2n) is 3.51. The molecule has 1 rings (SSSR count). The highest BCUT2D eigenvalue weighted by molar-refractivity contribution is 5.70. The lowest BCUT2D eigenvalue weighted by Crippen LogP contribution is -2.16. The summed E-state index contributed by atoms with van der Waals surface area (Å²) in [6.45, 7) is 0.372. The average molecular weight is 239 g/mol. The predicted octanol–water partition coefficient (Wildman–Crippen LogP) is 0.491. The molecule has 1 aromatic rings. The predicted molar refractivity (Wildman–Crippen MR) is 62.8 cm³/mol. The number of aliphatic hydroxyl groups is 1. The SMILES string of the molecule is CNCC(O)c1ccc(OCC(=O)OC)cc1. The molecule has 17 heavy (non-hydrogen) atoms. The van der Waals surface area contributed by atoms with Gasteiger partial charge < -0.3 is 19.9 Å². The van der Waals surface area contributed by atoms with Gasteiger partial charge in [-0.3, -0.25) is 0 Å². The molecule has 0 saturated carbocycles. The van der Waals surface area contributed by atoms with Gasteiger partial charge in [-0.2, -0.15) is 0 Å². The summed E-state index contributed by atoms with van der Waals surface area (Å²) in [6.07, 6.45) is -0.547. The van der Waals surface area contributed by atoms with Crippen LogP contribution in [0.1, 0.15) is 11.7 Å². The first-order chi connectivity index (χ1) is 8.17. The minimum atomic E-state index is -0.547. The molecule has 0 aliphatic heterocycles. The molecule has 0 radical (unpaired) electrons. The zero-order valence-corrected chi connectivity index (χ0v) is 9.97. The summed E-state index contributed by atoms with van der Waals surface area (Å²) >= 11 is 0. The van der Waals surface area contributed by atoms with E-state index in [1.54, 1.807) is 31.3 Å². The Balaban J connectivity index is 2.52. The van der Waals surface area contributed by atoms with Crippen molar-refractivity contribution in [1.82, 2.24) is 5.32 Å². The van der Waals surface area contributed by atoms with Crippen molar-refractivity contribution >= 4 is 5.97 Å². The van der Waals surface area contributed by atoms with Crippen molar-refractivity contribution in [2.45, 2.75) is 6.10 Å². The summed E-state index contributed by atoms with van der Waals surface area (Å²) in [7, 11) is 3.08. The van der Waals surface area contributed by atoms with E-state index in [1.807, 2.05) is 0 Å². The van der Waals surface area contributed by atoms with Crippen LogP contribution in [-0.2, 0) is 9.53 Å². The highest BCUT2D eigenvalue weighted by atomic mass is 16.6. The lowest BCUT2D eigenvalue weighted by Gasteiger charge is -2.11. The number of carbonyl (C=O) groups excluding carboxylic acids is 1. The van der Waals surface area contributed by atoms with Gasteiger partial charge in [0.15, 0.2) is 6.61 Å². The van der Waals surface area contributed by atoms with E-state index in [1.165, 1.54) is 7.11 Å². The Bertz CT molecular complexity index is 350. The van der Waals surface area contributed by atoms with Gasteiger partial charge in [0.05, 0.1) is 13.2 Å². The highest BCUT2D eigenvalue weighted by Gasteiger charge is 2.06. The maximum absolute atomic E-state index is 10.8. The summed E-state index contributed by atoms with van der Waals surface area (Å²) in [6, 6.07) is 6.93. The molecule has 1 atom stereocenters. The molecule has 5 nitrogen and oxygen atoms in total. The molecule has 0 bridgehead atoms. The average Bonchev–Trinajstić information content (AvgIpc) is 2.36. The second kappa shape index (κ2) is 6.88. The number of aliphatic hydroxyl groups excluding tert-OH is 1. The van der Waals surface area contributed by atoms with Crippen LogP contribution in [0.3, 0.4) is 0 Å². The topological polar surface area (TPSA) is 67.8 Å². The first kappa shape index (κ1) is 13.5. The fourth-order valence-electron chi connectivity index (χ4n) is 1.30. The molecule has 0 saturated heterocycles. The molecular formula is C12H17NO4. The summed E-state index contributed by atoms with van der Waals surface area (Å²) in [5, 5.41) is 12.6. The van der Waals surface area contributed by atoms with Crippen molar-refractivity contribution in [2.75, 3.05) is 27.3 Å².